The fourth-order valence-corrected chi connectivity index (χ4v) is 1.53. The monoisotopic (exact) mass is 221 g/mol. The molecule has 1 aromatic carbocycles. The summed E-state index contributed by atoms with van der Waals surface area (Å²) in [6, 6.07) is 8.07. The van der Waals surface area contributed by atoms with Gasteiger partial charge < -0.3 is 10.4 Å². The van der Waals surface area contributed by atoms with Gasteiger partial charge in [-0.3, -0.25) is 4.79 Å². The molecule has 1 amide bonds. The lowest BCUT2D eigenvalue weighted by Gasteiger charge is -2.12. The van der Waals surface area contributed by atoms with Crippen molar-refractivity contribution in [1.29, 1.82) is 0 Å². The molecule has 0 bridgehead atoms. The van der Waals surface area contributed by atoms with Crippen LogP contribution in [-0.2, 0) is 11.2 Å². The fraction of sp³-hybridized carbons (Fsp3) is 0.462. The first kappa shape index (κ1) is 12.7. The molecule has 0 aromatic heterocycles. The van der Waals surface area contributed by atoms with Crippen molar-refractivity contribution >= 4 is 5.91 Å². The fourth-order valence-electron chi connectivity index (χ4n) is 1.53. The molecule has 88 valence electrons. The minimum absolute atomic E-state index is 0.0206. The van der Waals surface area contributed by atoms with Gasteiger partial charge in [0.25, 0.3) is 0 Å². The number of nitrogens with one attached hydrogen (secondary N) is 1. The Morgan fingerprint density at radius 1 is 1.38 bits per heavy atom. The van der Waals surface area contributed by atoms with Crippen molar-refractivity contribution in [2.24, 2.45) is 0 Å². The Kier molecular flexibility index (Phi) is 4.99. The normalized spacial score (nSPS) is 12.2. The van der Waals surface area contributed by atoms with E-state index in [0.717, 1.165) is 12.0 Å². The average Bonchev–Trinajstić information content (AvgIpc) is 2.35. The van der Waals surface area contributed by atoms with Crippen molar-refractivity contribution in [3.63, 3.8) is 0 Å². The van der Waals surface area contributed by atoms with Gasteiger partial charge in [-0.05, 0) is 24.5 Å². The minimum atomic E-state index is -0.169. The molecule has 1 rings (SSSR count). The Balaban J connectivity index is 2.64. The molecule has 2 N–H and O–H groups in total. The van der Waals surface area contributed by atoms with Gasteiger partial charge in [0.1, 0.15) is 0 Å². The highest BCUT2D eigenvalue weighted by Gasteiger charge is 2.13. The second-order valence-corrected chi connectivity index (χ2v) is 3.83. The third-order valence-electron chi connectivity index (χ3n) is 2.69. The summed E-state index contributed by atoms with van der Waals surface area (Å²) < 4.78 is 0. The van der Waals surface area contributed by atoms with Crippen molar-refractivity contribution in [2.75, 3.05) is 13.2 Å². The molecule has 1 atom stereocenters. The Hall–Kier alpha value is -1.35. The molecule has 0 aliphatic heterocycles. The van der Waals surface area contributed by atoms with Gasteiger partial charge in [0.15, 0.2) is 0 Å². The van der Waals surface area contributed by atoms with Gasteiger partial charge in [-0.15, -0.1) is 0 Å². The van der Waals surface area contributed by atoms with Crippen molar-refractivity contribution in [3.8, 4) is 0 Å². The first-order valence-electron chi connectivity index (χ1n) is 5.66. The molecule has 3 nitrogen and oxygen atoms in total. The van der Waals surface area contributed by atoms with Crippen LogP contribution in [0.4, 0.5) is 0 Å². The van der Waals surface area contributed by atoms with E-state index in [2.05, 4.69) is 12.2 Å². The number of amides is 1. The molecule has 3 heteroatoms. The van der Waals surface area contributed by atoms with Crippen LogP contribution in [0.3, 0.4) is 0 Å². The summed E-state index contributed by atoms with van der Waals surface area (Å²) in [7, 11) is 0. The molecule has 0 saturated heterocycles. The predicted octanol–water partition coefficient (Wildman–Crippen LogP) is 1.46. The number of aliphatic hydroxyl groups is 1. The van der Waals surface area contributed by atoms with E-state index in [1.165, 1.54) is 5.56 Å². The van der Waals surface area contributed by atoms with Crippen LogP contribution in [0.25, 0.3) is 0 Å². The van der Waals surface area contributed by atoms with Crippen LogP contribution >= 0.6 is 0 Å². The van der Waals surface area contributed by atoms with E-state index in [-0.39, 0.29) is 18.4 Å². The average molecular weight is 221 g/mol. The summed E-state index contributed by atoms with van der Waals surface area (Å²) in [5, 5.41) is 11.3. The number of rotatable bonds is 5. The zero-order valence-corrected chi connectivity index (χ0v) is 9.86. The van der Waals surface area contributed by atoms with E-state index in [0.29, 0.717) is 6.54 Å². The highest BCUT2D eigenvalue weighted by molar-refractivity contribution is 5.83. The summed E-state index contributed by atoms with van der Waals surface area (Å²) in [5.41, 5.74) is 2.28. The molecular formula is C13H19NO2. The number of hydrogen-bond donors (Lipinski definition) is 2. The quantitative estimate of drug-likeness (QED) is 0.791. The standard InChI is InChI=1S/C13H19NO2/c1-3-11-4-6-12(7-5-11)10(2)13(16)14-8-9-15/h4-7,10,15H,3,8-9H2,1-2H3,(H,14,16). The van der Waals surface area contributed by atoms with Crippen LogP contribution in [0.1, 0.15) is 30.9 Å². The van der Waals surface area contributed by atoms with E-state index < -0.39 is 0 Å². The van der Waals surface area contributed by atoms with E-state index in [1.807, 2.05) is 31.2 Å². The molecule has 0 saturated carbocycles. The van der Waals surface area contributed by atoms with Gasteiger partial charge >= 0.3 is 0 Å². The van der Waals surface area contributed by atoms with Gasteiger partial charge in [0.05, 0.1) is 12.5 Å². The Bertz CT molecular complexity index is 332. The Labute approximate surface area is 96.5 Å². The largest absolute Gasteiger partial charge is 0.395 e. The van der Waals surface area contributed by atoms with Gasteiger partial charge in [0.2, 0.25) is 5.91 Å². The maximum atomic E-state index is 11.6. The number of benzene rings is 1. The number of carbonyl (C=O) groups excluding carboxylic acids is 1. The molecule has 0 radical (unpaired) electrons. The molecule has 0 spiro atoms. The van der Waals surface area contributed by atoms with Crippen molar-refractivity contribution in [3.05, 3.63) is 35.4 Å². The first-order chi connectivity index (χ1) is 7.69. The molecule has 16 heavy (non-hydrogen) atoms. The third kappa shape index (κ3) is 3.35. The van der Waals surface area contributed by atoms with Crippen LogP contribution < -0.4 is 5.32 Å². The zero-order valence-electron chi connectivity index (χ0n) is 9.86. The van der Waals surface area contributed by atoms with Gasteiger partial charge in [0, 0.05) is 6.54 Å². The topological polar surface area (TPSA) is 49.3 Å². The van der Waals surface area contributed by atoms with Gasteiger partial charge in [-0.25, -0.2) is 0 Å². The molecule has 1 unspecified atom stereocenters. The van der Waals surface area contributed by atoms with Crippen molar-refractivity contribution in [1.82, 2.24) is 5.32 Å². The van der Waals surface area contributed by atoms with E-state index in [1.54, 1.807) is 0 Å². The smallest absolute Gasteiger partial charge is 0.227 e. The highest BCUT2D eigenvalue weighted by atomic mass is 16.3. The van der Waals surface area contributed by atoms with Crippen LogP contribution in [0.15, 0.2) is 24.3 Å². The van der Waals surface area contributed by atoms with Crippen molar-refractivity contribution < 1.29 is 9.90 Å². The molecular weight excluding hydrogens is 202 g/mol. The van der Waals surface area contributed by atoms with E-state index in [9.17, 15) is 4.79 Å². The summed E-state index contributed by atoms with van der Waals surface area (Å²) in [6.07, 6.45) is 1.01. The summed E-state index contributed by atoms with van der Waals surface area (Å²) in [5.74, 6) is -0.212. The SMILES string of the molecule is CCc1ccc(C(C)C(=O)NCCO)cc1. The molecule has 0 aliphatic rings. The molecule has 0 aliphatic carbocycles. The lowest BCUT2D eigenvalue weighted by Crippen LogP contribution is -2.30. The molecule has 0 heterocycles. The number of hydrogen-bond acceptors (Lipinski definition) is 2. The zero-order chi connectivity index (χ0) is 12.0. The third-order valence-corrected chi connectivity index (χ3v) is 2.69. The lowest BCUT2D eigenvalue weighted by molar-refractivity contribution is -0.122. The maximum Gasteiger partial charge on any atom is 0.227 e. The van der Waals surface area contributed by atoms with Gasteiger partial charge in [-0.2, -0.15) is 0 Å². The second kappa shape index (κ2) is 6.28. The summed E-state index contributed by atoms with van der Waals surface area (Å²) in [6.45, 7) is 4.27. The Morgan fingerprint density at radius 2 is 2.00 bits per heavy atom. The lowest BCUT2D eigenvalue weighted by atomic mass is 9.98. The predicted molar refractivity (Wildman–Crippen MR) is 64.3 cm³/mol. The van der Waals surface area contributed by atoms with Crippen LogP contribution in [0.2, 0.25) is 0 Å². The summed E-state index contributed by atoms with van der Waals surface area (Å²) >= 11 is 0. The second-order valence-electron chi connectivity index (χ2n) is 3.83. The Morgan fingerprint density at radius 3 is 2.50 bits per heavy atom. The number of carbonyl (C=O) groups is 1. The summed E-state index contributed by atoms with van der Waals surface area (Å²) in [4.78, 5) is 11.6. The van der Waals surface area contributed by atoms with Crippen LogP contribution in [0, 0.1) is 0 Å². The van der Waals surface area contributed by atoms with Crippen LogP contribution in [-0.4, -0.2) is 24.2 Å². The number of aryl methyl sites for hydroxylation is 1. The van der Waals surface area contributed by atoms with Crippen LogP contribution in [0.5, 0.6) is 0 Å². The van der Waals surface area contributed by atoms with E-state index in [4.69, 9.17) is 5.11 Å². The molecule has 0 fully saturated rings. The molecule has 1 aromatic rings. The van der Waals surface area contributed by atoms with Crippen molar-refractivity contribution in [2.45, 2.75) is 26.2 Å². The van der Waals surface area contributed by atoms with E-state index >= 15 is 0 Å². The number of aliphatic hydroxyl groups excluding tert-OH is 1. The van der Waals surface area contributed by atoms with Gasteiger partial charge in [-0.1, -0.05) is 31.2 Å². The maximum absolute atomic E-state index is 11.6. The first-order valence-corrected chi connectivity index (χ1v) is 5.66. The highest BCUT2D eigenvalue weighted by Crippen LogP contribution is 2.16. The minimum Gasteiger partial charge on any atom is -0.395 e.